The molecule has 0 aliphatic rings. The standard InChI is InChI=1S/C13H15N3O2/c1-8(9(2)14)10-5-6-12(16(17)18)11-4-3-7-15-13(10)11/h3-9H,14H2,1-2H3. The van der Waals surface area contributed by atoms with Crippen LogP contribution in [0.25, 0.3) is 10.9 Å². The number of rotatable bonds is 3. The summed E-state index contributed by atoms with van der Waals surface area (Å²) in [6, 6.07) is 6.67. The molecule has 0 aliphatic carbocycles. The normalized spacial score (nSPS) is 14.4. The van der Waals surface area contributed by atoms with E-state index < -0.39 is 0 Å². The van der Waals surface area contributed by atoms with Gasteiger partial charge in [0.25, 0.3) is 5.69 Å². The smallest absolute Gasteiger partial charge is 0.278 e. The fourth-order valence-corrected chi connectivity index (χ4v) is 1.99. The molecule has 2 aromatic rings. The number of hydrogen-bond donors (Lipinski definition) is 1. The Hall–Kier alpha value is -2.01. The Kier molecular flexibility index (Phi) is 3.25. The summed E-state index contributed by atoms with van der Waals surface area (Å²) in [5.41, 5.74) is 7.59. The molecular formula is C13H15N3O2. The van der Waals surface area contributed by atoms with Gasteiger partial charge in [0.2, 0.25) is 0 Å². The first-order valence-electron chi connectivity index (χ1n) is 5.80. The molecular weight excluding hydrogens is 230 g/mol. The zero-order valence-corrected chi connectivity index (χ0v) is 10.3. The van der Waals surface area contributed by atoms with Gasteiger partial charge >= 0.3 is 0 Å². The van der Waals surface area contributed by atoms with Crippen molar-refractivity contribution in [2.45, 2.75) is 25.8 Å². The van der Waals surface area contributed by atoms with Gasteiger partial charge in [-0.25, -0.2) is 0 Å². The van der Waals surface area contributed by atoms with Gasteiger partial charge in [-0.1, -0.05) is 6.92 Å². The molecule has 0 saturated carbocycles. The second-order valence-electron chi connectivity index (χ2n) is 4.48. The van der Waals surface area contributed by atoms with Crippen LogP contribution < -0.4 is 5.73 Å². The quantitative estimate of drug-likeness (QED) is 0.665. The molecule has 0 amide bonds. The van der Waals surface area contributed by atoms with Crippen LogP contribution in [0.2, 0.25) is 0 Å². The monoisotopic (exact) mass is 245 g/mol. The topological polar surface area (TPSA) is 82.0 Å². The molecule has 94 valence electrons. The maximum Gasteiger partial charge on any atom is 0.278 e. The van der Waals surface area contributed by atoms with E-state index in [0.29, 0.717) is 10.9 Å². The zero-order chi connectivity index (χ0) is 13.3. The zero-order valence-electron chi connectivity index (χ0n) is 10.3. The van der Waals surface area contributed by atoms with Gasteiger partial charge in [0.05, 0.1) is 15.8 Å². The highest BCUT2D eigenvalue weighted by atomic mass is 16.6. The van der Waals surface area contributed by atoms with Gasteiger partial charge in [0.15, 0.2) is 0 Å². The van der Waals surface area contributed by atoms with Crippen molar-refractivity contribution in [1.82, 2.24) is 4.98 Å². The molecule has 0 saturated heterocycles. The van der Waals surface area contributed by atoms with E-state index in [9.17, 15) is 10.1 Å². The van der Waals surface area contributed by atoms with Gasteiger partial charge in [-0.2, -0.15) is 0 Å². The highest BCUT2D eigenvalue weighted by Crippen LogP contribution is 2.31. The van der Waals surface area contributed by atoms with Gasteiger partial charge in [-0.15, -0.1) is 0 Å². The van der Waals surface area contributed by atoms with Crippen molar-refractivity contribution in [3.05, 3.63) is 46.1 Å². The maximum atomic E-state index is 11.0. The minimum Gasteiger partial charge on any atom is -0.327 e. The number of non-ortho nitro benzene ring substituents is 1. The van der Waals surface area contributed by atoms with E-state index in [0.717, 1.165) is 5.56 Å². The molecule has 5 heteroatoms. The summed E-state index contributed by atoms with van der Waals surface area (Å²) in [7, 11) is 0. The third-order valence-electron chi connectivity index (χ3n) is 3.25. The lowest BCUT2D eigenvalue weighted by atomic mass is 9.92. The number of hydrogen-bond acceptors (Lipinski definition) is 4. The summed E-state index contributed by atoms with van der Waals surface area (Å²) in [5, 5.41) is 11.5. The molecule has 1 aromatic carbocycles. The molecule has 0 fully saturated rings. The van der Waals surface area contributed by atoms with E-state index >= 15 is 0 Å². The van der Waals surface area contributed by atoms with E-state index in [2.05, 4.69) is 4.98 Å². The number of benzene rings is 1. The molecule has 5 nitrogen and oxygen atoms in total. The summed E-state index contributed by atoms with van der Waals surface area (Å²) in [5.74, 6) is 0.100. The first-order chi connectivity index (χ1) is 8.52. The summed E-state index contributed by atoms with van der Waals surface area (Å²) in [4.78, 5) is 14.9. The largest absolute Gasteiger partial charge is 0.327 e. The predicted molar refractivity (Wildman–Crippen MR) is 70.5 cm³/mol. The predicted octanol–water partition coefficient (Wildman–Crippen LogP) is 2.59. The van der Waals surface area contributed by atoms with Crippen LogP contribution >= 0.6 is 0 Å². The summed E-state index contributed by atoms with van der Waals surface area (Å²) in [6.07, 6.45) is 1.64. The van der Waals surface area contributed by atoms with E-state index in [1.807, 2.05) is 13.8 Å². The van der Waals surface area contributed by atoms with Crippen LogP contribution in [0.15, 0.2) is 30.5 Å². The lowest BCUT2D eigenvalue weighted by Gasteiger charge is -2.17. The van der Waals surface area contributed by atoms with E-state index in [-0.39, 0.29) is 22.6 Å². The van der Waals surface area contributed by atoms with Gasteiger partial charge in [0.1, 0.15) is 0 Å². The Balaban J connectivity index is 2.72. The highest BCUT2D eigenvalue weighted by Gasteiger charge is 2.19. The summed E-state index contributed by atoms with van der Waals surface area (Å²) < 4.78 is 0. The minimum atomic E-state index is -0.385. The molecule has 0 bridgehead atoms. The first-order valence-corrected chi connectivity index (χ1v) is 5.80. The molecule has 1 heterocycles. The number of pyridine rings is 1. The molecule has 0 aliphatic heterocycles. The second-order valence-corrected chi connectivity index (χ2v) is 4.48. The van der Waals surface area contributed by atoms with Crippen molar-refractivity contribution in [2.24, 2.45) is 5.73 Å². The Morgan fingerprint density at radius 2 is 2.06 bits per heavy atom. The summed E-state index contributed by atoms with van der Waals surface area (Å²) in [6.45, 7) is 3.92. The fraction of sp³-hybridized carbons (Fsp3) is 0.308. The lowest BCUT2D eigenvalue weighted by molar-refractivity contribution is -0.383. The number of fused-ring (bicyclic) bond motifs is 1. The Bertz CT molecular complexity index is 596. The van der Waals surface area contributed by atoms with Crippen LogP contribution in [0.4, 0.5) is 5.69 Å². The average Bonchev–Trinajstić information content (AvgIpc) is 2.36. The van der Waals surface area contributed by atoms with Crippen LogP contribution in [0.1, 0.15) is 25.3 Å². The Morgan fingerprint density at radius 1 is 1.33 bits per heavy atom. The lowest BCUT2D eigenvalue weighted by Crippen LogP contribution is -2.22. The number of nitro benzene ring substituents is 1. The van der Waals surface area contributed by atoms with Gasteiger partial charge in [0, 0.05) is 18.3 Å². The van der Waals surface area contributed by atoms with Crippen molar-refractivity contribution in [3.63, 3.8) is 0 Å². The third kappa shape index (κ3) is 2.04. The second kappa shape index (κ2) is 4.70. The molecule has 0 radical (unpaired) electrons. The van der Waals surface area contributed by atoms with Crippen LogP contribution in [0.5, 0.6) is 0 Å². The van der Waals surface area contributed by atoms with Gasteiger partial charge in [-0.3, -0.25) is 15.1 Å². The molecule has 2 rings (SSSR count). The molecule has 0 spiro atoms. The number of nitro groups is 1. The van der Waals surface area contributed by atoms with E-state index in [4.69, 9.17) is 5.73 Å². The number of nitrogens with two attached hydrogens (primary N) is 1. The van der Waals surface area contributed by atoms with Crippen molar-refractivity contribution in [2.75, 3.05) is 0 Å². The highest BCUT2D eigenvalue weighted by molar-refractivity contribution is 5.90. The van der Waals surface area contributed by atoms with Crippen molar-refractivity contribution < 1.29 is 4.92 Å². The molecule has 1 aromatic heterocycles. The molecule has 18 heavy (non-hydrogen) atoms. The van der Waals surface area contributed by atoms with Crippen LogP contribution in [-0.2, 0) is 0 Å². The molecule has 2 atom stereocenters. The maximum absolute atomic E-state index is 11.0. The minimum absolute atomic E-state index is 0.0309. The Morgan fingerprint density at radius 3 is 2.67 bits per heavy atom. The third-order valence-corrected chi connectivity index (χ3v) is 3.25. The van der Waals surface area contributed by atoms with Gasteiger partial charge < -0.3 is 5.73 Å². The van der Waals surface area contributed by atoms with Crippen LogP contribution in [0.3, 0.4) is 0 Å². The van der Waals surface area contributed by atoms with Crippen LogP contribution in [-0.4, -0.2) is 15.9 Å². The van der Waals surface area contributed by atoms with Crippen molar-refractivity contribution in [1.29, 1.82) is 0 Å². The average molecular weight is 245 g/mol. The number of nitrogens with zero attached hydrogens (tertiary/aromatic N) is 2. The Labute approximate surface area is 105 Å². The van der Waals surface area contributed by atoms with Crippen molar-refractivity contribution in [3.8, 4) is 0 Å². The van der Waals surface area contributed by atoms with Crippen molar-refractivity contribution >= 4 is 16.6 Å². The number of aromatic nitrogens is 1. The SMILES string of the molecule is CC(N)C(C)c1ccc([N+](=O)[O-])c2cccnc12. The first kappa shape index (κ1) is 12.4. The fourth-order valence-electron chi connectivity index (χ4n) is 1.99. The van der Waals surface area contributed by atoms with Gasteiger partial charge in [-0.05, 0) is 36.6 Å². The van der Waals surface area contributed by atoms with Crippen LogP contribution in [0, 0.1) is 10.1 Å². The van der Waals surface area contributed by atoms with E-state index in [1.165, 1.54) is 6.07 Å². The molecule has 2 unspecified atom stereocenters. The van der Waals surface area contributed by atoms with E-state index in [1.54, 1.807) is 24.4 Å². The molecule has 2 N–H and O–H groups in total. The summed E-state index contributed by atoms with van der Waals surface area (Å²) >= 11 is 0.